The molecule has 0 radical (unpaired) electrons. The number of aromatic nitrogens is 1. The minimum absolute atomic E-state index is 0. The van der Waals surface area contributed by atoms with Gasteiger partial charge in [0.2, 0.25) is 0 Å². The molecule has 2 heterocycles. The Morgan fingerprint density at radius 3 is 2.59 bits per heavy atom. The number of nitrogens with zero attached hydrogens (tertiary/aromatic N) is 4. The summed E-state index contributed by atoms with van der Waals surface area (Å²) in [5, 5.41) is 2.95. The summed E-state index contributed by atoms with van der Waals surface area (Å²) >= 11 is 1.61. The zero-order chi connectivity index (χ0) is 19.7. The highest BCUT2D eigenvalue weighted by Crippen LogP contribution is 2.47. The largest absolute Gasteiger partial charge is 0.573 e. The number of piperazine rings is 1. The molecule has 2 N–H and O–H groups in total. The van der Waals surface area contributed by atoms with E-state index in [4.69, 9.17) is 5.73 Å². The molecule has 0 spiro atoms. The van der Waals surface area contributed by atoms with E-state index in [-0.39, 0.29) is 41.7 Å². The first-order chi connectivity index (χ1) is 13.4. The summed E-state index contributed by atoms with van der Waals surface area (Å²) in [7, 11) is 0. The molecule has 0 amide bonds. The van der Waals surface area contributed by atoms with Crippen LogP contribution >= 0.6 is 35.3 Å². The molecule has 0 bridgehead atoms. The van der Waals surface area contributed by atoms with E-state index in [1.54, 1.807) is 29.7 Å². The van der Waals surface area contributed by atoms with E-state index < -0.39 is 6.36 Å². The minimum Gasteiger partial charge on any atom is -0.405 e. The molecular weight excluding hydrogens is 518 g/mol. The van der Waals surface area contributed by atoms with Crippen LogP contribution in [-0.4, -0.2) is 54.4 Å². The minimum atomic E-state index is -4.71. The summed E-state index contributed by atoms with van der Waals surface area (Å²) in [5.74, 6) is 0.183. The number of hydrogen-bond acceptors (Lipinski definition) is 5. The predicted octanol–water partition coefficient (Wildman–Crippen LogP) is 3.65. The lowest BCUT2D eigenvalue weighted by molar-refractivity contribution is -0.274. The third-order valence-corrected chi connectivity index (χ3v) is 5.72. The standard InChI is InChI=1S/C18H20F3N5OS.HI/c19-18(20,21)27-15-4-2-1-3-12(15)13-11-14(13)24-16(22)25-6-8-26(9-7-25)17-23-5-10-28-17;/h1-5,10,13-14H,6-9,11H2,(H2,22,24);1H. The number of halogens is 4. The summed E-state index contributed by atoms with van der Waals surface area (Å²) < 4.78 is 42.0. The van der Waals surface area contributed by atoms with E-state index in [0.717, 1.165) is 31.3 Å². The van der Waals surface area contributed by atoms with Crippen LogP contribution in [0.4, 0.5) is 18.3 Å². The average molecular weight is 539 g/mol. The van der Waals surface area contributed by atoms with Crippen molar-refractivity contribution in [3.05, 3.63) is 41.4 Å². The normalized spacial score (nSPS) is 22.2. The molecule has 2 atom stereocenters. The Hall–Kier alpha value is -1.76. The highest BCUT2D eigenvalue weighted by atomic mass is 127. The van der Waals surface area contributed by atoms with Crippen LogP contribution in [0.3, 0.4) is 0 Å². The van der Waals surface area contributed by atoms with E-state index in [1.165, 1.54) is 12.1 Å². The van der Waals surface area contributed by atoms with Gasteiger partial charge in [0.1, 0.15) is 5.75 Å². The number of ether oxygens (including phenoxy) is 1. The highest BCUT2D eigenvalue weighted by molar-refractivity contribution is 14.0. The van der Waals surface area contributed by atoms with Gasteiger partial charge in [-0.05, 0) is 18.1 Å². The number of thiazole rings is 1. The Balaban J connectivity index is 0.00000240. The van der Waals surface area contributed by atoms with Gasteiger partial charge in [-0.15, -0.1) is 48.5 Å². The molecule has 6 nitrogen and oxygen atoms in total. The first-order valence-corrected chi connectivity index (χ1v) is 9.86. The number of hydrogen-bond donors (Lipinski definition) is 1. The van der Waals surface area contributed by atoms with E-state index in [2.05, 4.69) is 19.6 Å². The summed E-state index contributed by atoms with van der Waals surface area (Å²) in [6.07, 6.45) is -2.26. The molecular formula is C18H21F3IN5OS. The van der Waals surface area contributed by atoms with Crippen LogP contribution in [0, 0.1) is 0 Å². The van der Waals surface area contributed by atoms with Gasteiger partial charge in [0.15, 0.2) is 11.1 Å². The van der Waals surface area contributed by atoms with E-state index >= 15 is 0 Å². The number of guanidine groups is 1. The van der Waals surface area contributed by atoms with Gasteiger partial charge in [0.05, 0.1) is 6.04 Å². The number of benzene rings is 1. The Bertz CT molecular complexity index is 840. The molecule has 158 valence electrons. The quantitative estimate of drug-likeness (QED) is 0.365. The Kier molecular flexibility index (Phi) is 6.76. The predicted molar refractivity (Wildman–Crippen MR) is 117 cm³/mol. The SMILES string of the molecule is I.NC(=NC1CC1c1ccccc1OC(F)(F)F)N1CCN(c2nccs2)CC1. The molecule has 1 aliphatic heterocycles. The number of rotatable bonds is 4. The van der Waals surface area contributed by atoms with E-state index in [0.29, 0.717) is 17.9 Å². The van der Waals surface area contributed by atoms with Crippen LogP contribution < -0.4 is 15.4 Å². The first kappa shape index (κ1) is 21.9. The molecule has 1 aromatic carbocycles. The van der Waals surface area contributed by atoms with Crippen LogP contribution in [0.2, 0.25) is 0 Å². The van der Waals surface area contributed by atoms with Crippen molar-refractivity contribution in [3.63, 3.8) is 0 Å². The fourth-order valence-corrected chi connectivity index (χ4v) is 4.11. The number of aliphatic imine (C=N–C) groups is 1. The van der Waals surface area contributed by atoms with Crippen molar-refractivity contribution in [2.45, 2.75) is 24.7 Å². The van der Waals surface area contributed by atoms with Crippen molar-refractivity contribution in [1.29, 1.82) is 0 Å². The monoisotopic (exact) mass is 539 g/mol. The average Bonchev–Trinajstić information content (AvgIpc) is 3.19. The van der Waals surface area contributed by atoms with Gasteiger partial charge in [-0.1, -0.05) is 18.2 Å². The van der Waals surface area contributed by atoms with Crippen molar-refractivity contribution in [2.75, 3.05) is 31.1 Å². The topological polar surface area (TPSA) is 67.0 Å². The molecule has 1 saturated heterocycles. The van der Waals surface area contributed by atoms with Crippen LogP contribution in [0.25, 0.3) is 0 Å². The van der Waals surface area contributed by atoms with Gasteiger partial charge < -0.3 is 20.3 Å². The molecule has 2 aliphatic rings. The van der Waals surface area contributed by atoms with Crippen molar-refractivity contribution in [2.24, 2.45) is 10.7 Å². The summed E-state index contributed by atoms with van der Waals surface area (Å²) in [5.41, 5.74) is 6.69. The van der Waals surface area contributed by atoms with Crippen molar-refractivity contribution < 1.29 is 17.9 Å². The van der Waals surface area contributed by atoms with Crippen LogP contribution in [0.5, 0.6) is 5.75 Å². The fourth-order valence-electron chi connectivity index (χ4n) is 3.41. The molecule has 11 heteroatoms. The second-order valence-electron chi connectivity index (χ2n) is 6.77. The van der Waals surface area contributed by atoms with Crippen LogP contribution in [-0.2, 0) is 0 Å². The van der Waals surface area contributed by atoms with Gasteiger partial charge in [0.25, 0.3) is 0 Å². The van der Waals surface area contributed by atoms with Crippen LogP contribution in [0.1, 0.15) is 17.9 Å². The second kappa shape index (κ2) is 8.94. The van der Waals surface area contributed by atoms with E-state index in [1.807, 2.05) is 10.3 Å². The van der Waals surface area contributed by atoms with Gasteiger partial charge in [-0.25, -0.2) is 9.98 Å². The van der Waals surface area contributed by atoms with Gasteiger partial charge >= 0.3 is 6.36 Å². The van der Waals surface area contributed by atoms with Gasteiger partial charge in [0, 0.05) is 43.7 Å². The van der Waals surface area contributed by atoms with E-state index in [9.17, 15) is 13.2 Å². The second-order valence-corrected chi connectivity index (χ2v) is 7.64. The number of para-hydroxylation sites is 1. The molecule has 1 aromatic heterocycles. The molecule has 2 fully saturated rings. The van der Waals surface area contributed by atoms with Crippen molar-refractivity contribution >= 4 is 46.4 Å². The molecule has 1 aliphatic carbocycles. The summed E-state index contributed by atoms with van der Waals surface area (Å²) in [6, 6.07) is 6.11. The fraction of sp³-hybridized carbons (Fsp3) is 0.444. The van der Waals surface area contributed by atoms with Crippen molar-refractivity contribution in [3.8, 4) is 5.75 Å². The first-order valence-electron chi connectivity index (χ1n) is 8.98. The maximum atomic E-state index is 12.6. The Morgan fingerprint density at radius 2 is 1.93 bits per heavy atom. The molecule has 29 heavy (non-hydrogen) atoms. The Morgan fingerprint density at radius 1 is 1.21 bits per heavy atom. The molecule has 2 aromatic rings. The lowest BCUT2D eigenvalue weighted by atomic mass is 10.1. The Labute approximate surface area is 187 Å². The zero-order valence-electron chi connectivity index (χ0n) is 15.4. The maximum absolute atomic E-state index is 12.6. The number of alkyl halides is 3. The summed E-state index contributed by atoms with van der Waals surface area (Å²) in [4.78, 5) is 13.1. The van der Waals surface area contributed by atoms with Crippen molar-refractivity contribution in [1.82, 2.24) is 9.88 Å². The highest BCUT2D eigenvalue weighted by Gasteiger charge is 2.42. The van der Waals surface area contributed by atoms with Gasteiger partial charge in [-0.3, -0.25) is 0 Å². The number of anilines is 1. The number of nitrogens with two attached hydrogens (primary N) is 1. The lowest BCUT2D eigenvalue weighted by Gasteiger charge is -2.35. The third kappa shape index (κ3) is 5.44. The molecule has 4 rings (SSSR count). The third-order valence-electron chi connectivity index (χ3n) is 4.89. The zero-order valence-corrected chi connectivity index (χ0v) is 18.5. The van der Waals surface area contributed by atoms with Gasteiger partial charge in [-0.2, -0.15) is 0 Å². The summed E-state index contributed by atoms with van der Waals surface area (Å²) in [6.45, 7) is 3.08. The lowest BCUT2D eigenvalue weighted by Crippen LogP contribution is -2.51. The molecule has 1 saturated carbocycles. The molecule has 2 unspecified atom stereocenters. The smallest absolute Gasteiger partial charge is 0.405 e. The maximum Gasteiger partial charge on any atom is 0.573 e. The van der Waals surface area contributed by atoms with Crippen LogP contribution in [0.15, 0.2) is 40.8 Å².